The van der Waals surface area contributed by atoms with Gasteiger partial charge in [-0.1, -0.05) is 36.4 Å². The van der Waals surface area contributed by atoms with Crippen molar-refractivity contribution in [2.24, 2.45) is 0 Å². The normalized spacial score (nSPS) is 10.4. The molecule has 4 nitrogen and oxygen atoms in total. The van der Waals surface area contributed by atoms with Crippen molar-refractivity contribution >= 4 is 16.6 Å². The zero-order valence-corrected chi connectivity index (χ0v) is 11.2. The van der Waals surface area contributed by atoms with E-state index >= 15 is 0 Å². The molecule has 0 unspecified atom stereocenters. The van der Waals surface area contributed by atoms with Gasteiger partial charge in [0.25, 0.3) is 0 Å². The Labute approximate surface area is 117 Å². The number of hydrogen-bond donors (Lipinski definition) is 1. The molecule has 2 aromatic carbocycles. The van der Waals surface area contributed by atoms with Gasteiger partial charge in [0.2, 0.25) is 5.88 Å². The van der Waals surface area contributed by atoms with Gasteiger partial charge in [-0.3, -0.25) is 0 Å². The Morgan fingerprint density at radius 3 is 2.80 bits per heavy atom. The van der Waals surface area contributed by atoms with Gasteiger partial charge in [0.15, 0.2) is 0 Å². The first kappa shape index (κ1) is 12.4. The average Bonchev–Trinajstić information content (AvgIpc) is 2.48. The lowest BCUT2D eigenvalue weighted by Gasteiger charge is -2.09. The summed E-state index contributed by atoms with van der Waals surface area (Å²) in [5.74, 6) is 2.09. The molecule has 1 aromatic heterocycles. The molecule has 1 heterocycles. The zero-order chi connectivity index (χ0) is 13.8. The van der Waals surface area contributed by atoms with Gasteiger partial charge < -0.3 is 10.1 Å². The van der Waals surface area contributed by atoms with Crippen LogP contribution in [0.4, 0.5) is 5.82 Å². The molecule has 100 valence electrons. The first-order valence-electron chi connectivity index (χ1n) is 6.58. The largest absolute Gasteiger partial charge is 0.438 e. The van der Waals surface area contributed by atoms with Crippen molar-refractivity contribution in [3.63, 3.8) is 0 Å². The molecule has 1 N–H and O–H groups in total. The van der Waals surface area contributed by atoms with Gasteiger partial charge >= 0.3 is 0 Å². The summed E-state index contributed by atoms with van der Waals surface area (Å²) in [6.07, 6.45) is 1.50. The summed E-state index contributed by atoms with van der Waals surface area (Å²) in [4.78, 5) is 8.28. The first-order chi connectivity index (χ1) is 9.86. The standard InChI is InChI=1S/C16H15N3O/c1-2-17-15-10-16(19-11-18-15)20-14-9-5-7-12-6-3-4-8-13(12)14/h3-11H,2H2,1H3,(H,17,18,19). The quantitative estimate of drug-likeness (QED) is 0.778. The number of fused-ring (bicyclic) bond motifs is 1. The van der Waals surface area contributed by atoms with Crippen LogP contribution < -0.4 is 10.1 Å². The Bertz CT molecular complexity index is 722. The number of benzene rings is 2. The van der Waals surface area contributed by atoms with Crippen LogP contribution in [0.3, 0.4) is 0 Å². The number of nitrogens with one attached hydrogen (secondary N) is 1. The van der Waals surface area contributed by atoms with Crippen molar-refractivity contribution in [3.05, 3.63) is 54.9 Å². The number of anilines is 1. The summed E-state index contributed by atoms with van der Waals surface area (Å²) in [7, 11) is 0. The second kappa shape index (κ2) is 5.57. The summed E-state index contributed by atoms with van der Waals surface area (Å²) in [5.41, 5.74) is 0. The minimum absolute atomic E-state index is 0.535. The van der Waals surface area contributed by atoms with Gasteiger partial charge in [-0.2, -0.15) is 0 Å². The number of nitrogens with zero attached hydrogens (tertiary/aromatic N) is 2. The summed E-state index contributed by atoms with van der Waals surface area (Å²) in [6, 6.07) is 15.9. The Balaban J connectivity index is 1.95. The van der Waals surface area contributed by atoms with E-state index in [0.29, 0.717) is 5.88 Å². The number of ether oxygens (including phenoxy) is 1. The van der Waals surface area contributed by atoms with Crippen LogP contribution in [0.2, 0.25) is 0 Å². The summed E-state index contributed by atoms with van der Waals surface area (Å²) in [6.45, 7) is 2.83. The second-order valence-electron chi connectivity index (χ2n) is 4.35. The van der Waals surface area contributed by atoms with Crippen molar-refractivity contribution in [3.8, 4) is 11.6 Å². The van der Waals surface area contributed by atoms with Crippen LogP contribution in [0, 0.1) is 0 Å². The number of rotatable bonds is 4. The van der Waals surface area contributed by atoms with E-state index in [1.165, 1.54) is 6.33 Å². The zero-order valence-electron chi connectivity index (χ0n) is 11.2. The fourth-order valence-corrected chi connectivity index (χ4v) is 2.07. The molecular weight excluding hydrogens is 250 g/mol. The Morgan fingerprint density at radius 1 is 1.05 bits per heavy atom. The maximum Gasteiger partial charge on any atom is 0.224 e. The van der Waals surface area contributed by atoms with Crippen LogP contribution in [0.15, 0.2) is 54.9 Å². The molecule has 3 rings (SSSR count). The molecule has 0 saturated carbocycles. The lowest BCUT2D eigenvalue weighted by Crippen LogP contribution is -2.00. The maximum atomic E-state index is 5.89. The maximum absolute atomic E-state index is 5.89. The lowest BCUT2D eigenvalue weighted by molar-refractivity contribution is 0.467. The topological polar surface area (TPSA) is 47.0 Å². The van der Waals surface area contributed by atoms with Crippen molar-refractivity contribution in [1.29, 1.82) is 0 Å². The van der Waals surface area contributed by atoms with Gasteiger partial charge in [-0.25, -0.2) is 9.97 Å². The van der Waals surface area contributed by atoms with Gasteiger partial charge in [-0.05, 0) is 18.4 Å². The predicted molar refractivity (Wildman–Crippen MR) is 80.2 cm³/mol. The predicted octanol–water partition coefficient (Wildman–Crippen LogP) is 3.85. The van der Waals surface area contributed by atoms with E-state index in [4.69, 9.17) is 4.74 Å². The molecule has 4 heteroatoms. The third kappa shape index (κ3) is 2.54. The van der Waals surface area contributed by atoms with E-state index in [1.807, 2.05) is 37.3 Å². The highest BCUT2D eigenvalue weighted by Gasteiger charge is 2.04. The molecule has 0 amide bonds. The van der Waals surface area contributed by atoms with E-state index in [2.05, 4.69) is 27.4 Å². The average molecular weight is 265 g/mol. The smallest absolute Gasteiger partial charge is 0.224 e. The molecule has 3 aromatic rings. The fourth-order valence-electron chi connectivity index (χ4n) is 2.07. The molecule has 0 aliphatic heterocycles. The van der Waals surface area contributed by atoms with Crippen LogP contribution in [0.5, 0.6) is 11.6 Å². The van der Waals surface area contributed by atoms with Crippen molar-refractivity contribution in [2.45, 2.75) is 6.92 Å². The van der Waals surface area contributed by atoms with Gasteiger partial charge in [0, 0.05) is 18.0 Å². The Hall–Kier alpha value is -2.62. The van der Waals surface area contributed by atoms with Gasteiger partial charge in [0.1, 0.15) is 17.9 Å². The monoisotopic (exact) mass is 265 g/mol. The summed E-state index contributed by atoms with van der Waals surface area (Å²) in [5, 5.41) is 5.35. The lowest BCUT2D eigenvalue weighted by atomic mass is 10.1. The minimum Gasteiger partial charge on any atom is -0.438 e. The van der Waals surface area contributed by atoms with E-state index in [0.717, 1.165) is 28.9 Å². The molecule has 0 radical (unpaired) electrons. The molecule has 20 heavy (non-hydrogen) atoms. The fraction of sp³-hybridized carbons (Fsp3) is 0.125. The molecule has 0 fully saturated rings. The van der Waals surface area contributed by atoms with E-state index in [-0.39, 0.29) is 0 Å². The first-order valence-corrected chi connectivity index (χ1v) is 6.58. The second-order valence-corrected chi connectivity index (χ2v) is 4.35. The van der Waals surface area contributed by atoms with Crippen molar-refractivity contribution in [1.82, 2.24) is 9.97 Å². The number of hydrogen-bond acceptors (Lipinski definition) is 4. The highest BCUT2D eigenvalue weighted by Crippen LogP contribution is 2.29. The third-order valence-electron chi connectivity index (χ3n) is 2.96. The van der Waals surface area contributed by atoms with Crippen molar-refractivity contribution in [2.75, 3.05) is 11.9 Å². The molecule has 0 saturated heterocycles. The van der Waals surface area contributed by atoms with E-state index < -0.39 is 0 Å². The molecule has 0 spiro atoms. The van der Waals surface area contributed by atoms with Crippen LogP contribution in [-0.4, -0.2) is 16.5 Å². The van der Waals surface area contributed by atoms with Gasteiger partial charge in [-0.15, -0.1) is 0 Å². The molecule has 0 atom stereocenters. The van der Waals surface area contributed by atoms with Crippen LogP contribution in [-0.2, 0) is 0 Å². The minimum atomic E-state index is 0.535. The molecule has 0 aliphatic rings. The highest BCUT2D eigenvalue weighted by atomic mass is 16.5. The molecule has 0 aliphatic carbocycles. The third-order valence-corrected chi connectivity index (χ3v) is 2.96. The molecule has 0 bridgehead atoms. The van der Waals surface area contributed by atoms with Crippen LogP contribution >= 0.6 is 0 Å². The SMILES string of the molecule is CCNc1cc(Oc2cccc3ccccc23)ncn1. The highest BCUT2D eigenvalue weighted by molar-refractivity contribution is 5.88. The Morgan fingerprint density at radius 2 is 1.90 bits per heavy atom. The summed E-state index contributed by atoms with van der Waals surface area (Å²) >= 11 is 0. The van der Waals surface area contributed by atoms with Crippen LogP contribution in [0.25, 0.3) is 10.8 Å². The number of aromatic nitrogens is 2. The summed E-state index contributed by atoms with van der Waals surface area (Å²) < 4.78 is 5.89. The van der Waals surface area contributed by atoms with Crippen LogP contribution in [0.1, 0.15) is 6.92 Å². The Kier molecular flexibility index (Phi) is 3.46. The van der Waals surface area contributed by atoms with E-state index in [1.54, 1.807) is 6.07 Å². The molecular formula is C16H15N3O. The van der Waals surface area contributed by atoms with Crippen molar-refractivity contribution < 1.29 is 4.74 Å². The van der Waals surface area contributed by atoms with Gasteiger partial charge in [0.05, 0.1) is 0 Å². The van der Waals surface area contributed by atoms with E-state index in [9.17, 15) is 0 Å².